The van der Waals surface area contributed by atoms with Crippen molar-refractivity contribution in [3.8, 4) is 11.5 Å². The smallest absolute Gasteiger partial charge is 0.176 e. The summed E-state index contributed by atoms with van der Waals surface area (Å²) in [5.41, 5.74) is 0. The van der Waals surface area contributed by atoms with Gasteiger partial charge in [-0.05, 0) is 6.07 Å². The summed E-state index contributed by atoms with van der Waals surface area (Å²) < 4.78 is 12.3. The Morgan fingerprint density at radius 1 is 1.30 bits per heavy atom. The van der Waals surface area contributed by atoms with E-state index >= 15 is 0 Å². The molecule has 0 bridgehead atoms. The van der Waals surface area contributed by atoms with E-state index in [0.717, 1.165) is 12.1 Å². The fraction of sp³-hybridized carbons (Fsp3) is 0. The van der Waals surface area contributed by atoms with Crippen molar-refractivity contribution in [3.05, 3.63) is 23.0 Å². The van der Waals surface area contributed by atoms with E-state index < -0.39 is 17.3 Å². The number of halogens is 2. The van der Waals surface area contributed by atoms with Gasteiger partial charge in [-0.15, -0.1) is 0 Å². The first-order chi connectivity index (χ1) is 4.61. The minimum absolute atomic E-state index is 0.197. The van der Waals surface area contributed by atoms with Crippen molar-refractivity contribution in [2.75, 3.05) is 0 Å². The summed E-state index contributed by atoms with van der Waals surface area (Å²) in [6, 6.07) is 1.69. The molecule has 0 saturated carbocycles. The third-order valence-electron chi connectivity index (χ3n) is 1.01. The van der Waals surface area contributed by atoms with Gasteiger partial charge >= 0.3 is 0 Å². The van der Waals surface area contributed by atoms with Crippen LogP contribution in [-0.2, 0) is 0 Å². The summed E-state index contributed by atoms with van der Waals surface area (Å²) in [6.07, 6.45) is 0. The van der Waals surface area contributed by atoms with Crippen LogP contribution in [0, 0.1) is 5.82 Å². The van der Waals surface area contributed by atoms with Crippen molar-refractivity contribution in [2.45, 2.75) is 0 Å². The maximum absolute atomic E-state index is 12.3. The second-order valence-electron chi connectivity index (χ2n) is 1.76. The molecule has 0 amide bonds. The molecule has 0 aromatic heterocycles. The van der Waals surface area contributed by atoms with Crippen LogP contribution in [-0.4, -0.2) is 10.2 Å². The van der Waals surface area contributed by atoms with E-state index in [1.807, 2.05) is 0 Å². The molecule has 54 valence electrons. The van der Waals surface area contributed by atoms with Crippen LogP contribution in [0.4, 0.5) is 4.39 Å². The maximum atomic E-state index is 12.3. The lowest BCUT2D eigenvalue weighted by molar-refractivity contribution is 0.400. The summed E-state index contributed by atoms with van der Waals surface area (Å²) in [5.74, 6) is -1.73. The Bertz CT molecular complexity index is 239. The molecule has 2 N–H and O–H groups in total. The van der Waals surface area contributed by atoms with E-state index in [-0.39, 0.29) is 5.02 Å². The summed E-state index contributed by atoms with van der Waals surface area (Å²) in [4.78, 5) is 0. The number of phenols is 2. The molecule has 10 heavy (non-hydrogen) atoms. The first-order valence-electron chi connectivity index (χ1n) is 2.48. The zero-order valence-corrected chi connectivity index (χ0v) is 5.56. The average molecular weight is 163 g/mol. The molecule has 0 aliphatic heterocycles. The van der Waals surface area contributed by atoms with Crippen LogP contribution in [0.1, 0.15) is 0 Å². The third-order valence-corrected chi connectivity index (χ3v) is 1.30. The topological polar surface area (TPSA) is 40.5 Å². The van der Waals surface area contributed by atoms with Crippen LogP contribution in [0.15, 0.2) is 12.1 Å². The van der Waals surface area contributed by atoms with Crippen LogP contribution in [0.2, 0.25) is 5.02 Å². The SMILES string of the molecule is Oc1cc(F)cc(Cl)c1O. The van der Waals surface area contributed by atoms with Crippen molar-refractivity contribution in [1.82, 2.24) is 0 Å². The lowest BCUT2D eigenvalue weighted by Gasteiger charge is -1.98. The Balaban J connectivity index is 3.31. The van der Waals surface area contributed by atoms with E-state index in [2.05, 4.69) is 0 Å². The Labute approximate surface area is 61.5 Å². The summed E-state index contributed by atoms with van der Waals surface area (Å²) in [6.45, 7) is 0. The molecule has 0 heterocycles. The second kappa shape index (κ2) is 2.34. The largest absolute Gasteiger partial charge is 0.504 e. The van der Waals surface area contributed by atoms with Crippen molar-refractivity contribution in [2.24, 2.45) is 0 Å². The Hall–Kier alpha value is -0.960. The number of hydrogen-bond donors (Lipinski definition) is 2. The highest BCUT2D eigenvalue weighted by Crippen LogP contribution is 2.33. The van der Waals surface area contributed by atoms with E-state index in [0.29, 0.717) is 0 Å². The quantitative estimate of drug-likeness (QED) is 0.572. The molecule has 1 rings (SSSR count). The molecule has 0 aliphatic rings. The highest BCUT2D eigenvalue weighted by Gasteiger charge is 2.05. The van der Waals surface area contributed by atoms with Gasteiger partial charge in [-0.25, -0.2) is 4.39 Å². The molecule has 2 nitrogen and oxygen atoms in total. The van der Waals surface area contributed by atoms with Crippen LogP contribution < -0.4 is 0 Å². The van der Waals surface area contributed by atoms with Gasteiger partial charge in [0, 0.05) is 6.07 Å². The zero-order valence-electron chi connectivity index (χ0n) is 4.81. The standard InChI is InChI=1S/C6H4ClFO2/c7-4-1-3(8)2-5(9)6(4)10/h1-2,9-10H. The summed E-state index contributed by atoms with van der Waals surface area (Å²) >= 11 is 5.27. The zero-order chi connectivity index (χ0) is 7.72. The molecule has 1 aromatic carbocycles. The van der Waals surface area contributed by atoms with Crippen molar-refractivity contribution in [1.29, 1.82) is 0 Å². The van der Waals surface area contributed by atoms with Gasteiger partial charge in [0.25, 0.3) is 0 Å². The minimum atomic E-state index is -0.680. The molecule has 0 atom stereocenters. The second-order valence-corrected chi connectivity index (χ2v) is 2.16. The van der Waals surface area contributed by atoms with E-state index in [1.165, 1.54) is 0 Å². The van der Waals surface area contributed by atoms with Gasteiger partial charge in [-0.3, -0.25) is 0 Å². The normalized spacial score (nSPS) is 9.80. The van der Waals surface area contributed by atoms with Crippen LogP contribution in [0.5, 0.6) is 11.5 Å². The average Bonchev–Trinajstić information content (AvgIpc) is 1.82. The van der Waals surface area contributed by atoms with Crippen molar-refractivity contribution < 1.29 is 14.6 Å². The third kappa shape index (κ3) is 1.14. The van der Waals surface area contributed by atoms with Crippen LogP contribution >= 0.6 is 11.6 Å². The summed E-state index contributed by atoms with van der Waals surface area (Å²) in [5, 5.41) is 17.3. The van der Waals surface area contributed by atoms with Gasteiger partial charge in [0.2, 0.25) is 0 Å². The highest BCUT2D eigenvalue weighted by atomic mass is 35.5. The summed E-state index contributed by atoms with van der Waals surface area (Å²) in [7, 11) is 0. The first-order valence-corrected chi connectivity index (χ1v) is 2.86. The number of rotatable bonds is 0. The highest BCUT2D eigenvalue weighted by molar-refractivity contribution is 6.32. The number of phenolic OH excluding ortho intramolecular Hbond substituents is 2. The molecule has 0 unspecified atom stereocenters. The van der Waals surface area contributed by atoms with Gasteiger partial charge in [0.15, 0.2) is 11.5 Å². The molecule has 0 spiro atoms. The molecule has 1 aromatic rings. The molecule has 0 fully saturated rings. The van der Waals surface area contributed by atoms with E-state index in [4.69, 9.17) is 21.8 Å². The van der Waals surface area contributed by atoms with Gasteiger partial charge in [0.05, 0.1) is 5.02 Å². The predicted octanol–water partition coefficient (Wildman–Crippen LogP) is 1.89. The Morgan fingerprint density at radius 3 is 2.40 bits per heavy atom. The fourth-order valence-electron chi connectivity index (χ4n) is 0.552. The number of aromatic hydroxyl groups is 2. The van der Waals surface area contributed by atoms with Crippen molar-refractivity contribution in [3.63, 3.8) is 0 Å². The Kier molecular flexibility index (Phi) is 1.68. The fourth-order valence-corrected chi connectivity index (χ4v) is 0.753. The molecule has 0 radical (unpaired) electrons. The van der Waals surface area contributed by atoms with Gasteiger partial charge in [0.1, 0.15) is 5.82 Å². The first kappa shape index (κ1) is 7.15. The lowest BCUT2D eigenvalue weighted by atomic mass is 10.3. The van der Waals surface area contributed by atoms with Gasteiger partial charge in [-0.2, -0.15) is 0 Å². The van der Waals surface area contributed by atoms with E-state index in [9.17, 15) is 4.39 Å². The van der Waals surface area contributed by atoms with Gasteiger partial charge in [-0.1, -0.05) is 11.6 Å². The van der Waals surface area contributed by atoms with Gasteiger partial charge < -0.3 is 10.2 Å². The Morgan fingerprint density at radius 2 is 1.90 bits per heavy atom. The van der Waals surface area contributed by atoms with E-state index in [1.54, 1.807) is 0 Å². The molecule has 0 aliphatic carbocycles. The predicted molar refractivity (Wildman–Crippen MR) is 34.7 cm³/mol. The van der Waals surface area contributed by atoms with Crippen LogP contribution in [0.25, 0.3) is 0 Å². The molecule has 0 saturated heterocycles. The number of benzene rings is 1. The maximum Gasteiger partial charge on any atom is 0.176 e. The minimum Gasteiger partial charge on any atom is -0.504 e. The molecular weight excluding hydrogens is 159 g/mol. The van der Waals surface area contributed by atoms with Crippen molar-refractivity contribution >= 4 is 11.6 Å². The molecular formula is C6H4ClFO2. The van der Waals surface area contributed by atoms with Crippen LogP contribution in [0.3, 0.4) is 0 Å². The number of hydrogen-bond acceptors (Lipinski definition) is 2. The molecule has 4 heteroatoms. The lowest BCUT2D eigenvalue weighted by Crippen LogP contribution is -1.75. The monoisotopic (exact) mass is 162 g/mol.